The number of hydrogen-bond acceptors (Lipinski definition) is 2. The Morgan fingerprint density at radius 2 is 2.29 bits per heavy atom. The van der Waals surface area contributed by atoms with E-state index in [2.05, 4.69) is 27.8 Å². The van der Waals surface area contributed by atoms with Crippen molar-refractivity contribution >= 4 is 5.57 Å². The van der Waals surface area contributed by atoms with Crippen molar-refractivity contribution in [3.63, 3.8) is 0 Å². The zero-order valence-corrected chi connectivity index (χ0v) is 9.76. The van der Waals surface area contributed by atoms with Gasteiger partial charge in [0, 0.05) is 24.5 Å². The van der Waals surface area contributed by atoms with Crippen molar-refractivity contribution in [2.24, 2.45) is 0 Å². The second-order valence-corrected chi connectivity index (χ2v) is 4.08. The van der Waals surface area contributed by atoms with Gasteiger partial charge in [-0.1, -0.05) is 18.2 Å². The molecule has 0 saturated carbocycles. The van der Waals surface area contributed by atoms with Crippen molar-refractivity contribution in [1.29, 1.82) is 0 Å². The van der Waals surface area contributed by atoms with E-state index in [0.29, 0.717) is 0 Å². The van der Waals surface area contributed by atoms with Crippen molar-refractivity contribution in [3.8, 4) is 5.75 Å². The lowest BCUT2D eigenvalue weighted by Crippen LogP contribution is -2.07. The maximum absolute atomic E-state index is 5.26. The number of ether oxygens (including phenoxy) is 1. The minimum atomic E-state index is 0.882. The largest absolute Gasteiger partial charge is 0.497 e. The van der Waals surface area contributed by atoms with Gasteiger partial charge in [0.1, 0.15) is 11.6 Å². The Labute approximate surface area is 100 Å². The molecule has 3 heteroatoms. The lowest BCUT2D eigenvalue weighted by molar-refractivity contribution is 0.414. The molecule has 0 fully saturated rings. The number of allylic oxidation sites excluding steroid dienone is 1. The van der Waals surface area contributed by atoms with Crippen LogP contribution in [0.5, 0.6) is 5.75 Å². The van der Waals surface area contributed by atoms with E-state index in [4.69, 9.17) is 4.74 Å². The molecule has 2 aromatic rings. The van der Waals surface area contributed by atoms with Crippen LogP contribution in [0, 0.1) is 0 Å². The van der Waals surface area contributed by atoms with Crippen molar-refractivity contribution < 1.29 is 4.74 Å². The molecular weight excluding hydrogens is 212 g/mol. The topological polar surface area (TPSA) is 27.1 Å². The first-order valence-electron chi connectivity index (χ1n) is 5.74. The molecule has 0 radical (unpaired) electrons. The van der Waals surface area contributed by atoms with Gasteiger partial charge in [-0.15, -0.1) is 0 Å². The monoisotopic (exact) mass is 226 g/mol. The molecule has 1 aromatic carbocycles. The summed E-state index contributed by atoms with van der Waals surface area (Å²) in [5.74, 6) is 1.93. The van der Waals surface area contributed by atoms with Gasteiger partial charge in [0.05, 0.1) is 7.11 Å². The average molecular weight is 226 g/mol. The fraction of sp³-hybridized carbons (Fsp3) is 0.214. The van der Waals surface area contributed by atoms with Crippen LogP contribution in [0.15, 0.2) is 42.7 Å². The highest BCUT2D eigenvalue weighted by molar-refractivity contribution is 5.77. The summed E-state index contributed by atoms with van der Waals surface area (Å²) < 4.78 is 7.45. The third-order valence-electron chi connectivity index (χ3n) is 3.06. The van der Waals surface area contributed by atoms with E-state index in [1.165, 1.54) is 5.57 Å². The molecule has 0 amide bonds. The number of imidazole rings is 1. The fourth-order valence-corrected chi connectivity index (χ4v) is 2.21. The van der Waals surface area contributed by atoms with Crippen molar-refractivity contribution in [3.05, 3.63) is 54.1 Å². The molecule has 0 bridgehead atoms. The summed E-state index contributed by atoms with van der Waals surface area (Å²) in [6.45, 7) is 1.02. The summed E-state index contributed by atoms with van der Waals surface area (Å²) in [4.78, 5) is 4.42. The Morgan fingerprint density at radius 3 is 3.18 bits per heavy atom. The summed E-state index contributed by atoms with van der Waals surface area (Å²) >= 11 is 0. The van der Waals surface area contributed by atoms with Gasteiger partial charge >= 0.3 is 0 Å². The third kappa shape index (κ3) is 1.73. The second-order valence-electron chi connectivity index (χ2n) is 4.08. The fourth-order valence-electron chi connectivity index (χ4n) is 2.21. The van der Waals surface area contributed by atoms with Gasteiger partial charge in [0.15, 0.2) is 0 Å². The van der Waals surface area contributed by atoms with Crippen LogP contribution in [0.3, 0.4) is 0 Å². The summed E-state index contributed by atoms with van der Waals surface area (Å²) in [5, 5.41) is 0. The number of aromatic nitrogens is 2. The number of hydrogen-bond donors (Lipinski definition) is 0. The lowest BCUT2D eigenvalue weighted by Gasteiger charge is -2.16. The van der Waals surface area contributed by atoms with Crippen LogP contribution in [0.25, 0.3) is 5.57 Å². The Bertz CT molecular complexity index is 569. The first-order chi connectivity index (χ1) is 8.38. The molecule has 3 rings (SSSR count). The van der Waals surface area contributed by atoms with Crippen molar-refractivity contribution in [2.45, 2.75) is 13.0 Å². The summed E-state index contributed by atoms with van der Waals surface area (Å²) in [5.41, 5.74) is 2.36. The number of rotatable bonds is 2. The number of nitrogens with zero attached hydrogens (tertiary/aromatic N) is 2. The highest BCUT2D eigenvalue weighted by Crippen LogP contribution is 2.28. The third-order valence-corrected chi connectivity index (χ3v) is 3.06. The van der Waals surface area contributed by atoms with Gasteiger partial charge < -0.3 is 9.30 Å². The number of fused-ring (bicyclic) bond motifs is 1. The van der Waals surface area contributed by atoms with E-state index in [-0.39, 0.29) is 0 Å². The van der Waals surface area contributed by atoms with Gasteiger partial charge in [-0.2, -0.15) is 0 Å². The molecule has 0 spiro atoms. The summed E-state index contributed by atoms with van der Waals surface area (Å²) in [6, 6.07) is 8.12. The van der Waals surface area contributed by atoms with Gasteiger partial charge in [0.2, 0.25) is 0 Å². The van der Waals surface area contributed by atoms with Crippen LogP contribution in [-0.2, 0) is 6.54 Å². The molecule has 2 heterocycles. The van der Waals surface area contributed by atoms with E-state index < -0.39 is 0 Å². The van der Waals surface area contributed by atoms with Gasteiger partial charge in [-0.05, 0) is 24.1 Å². The molecule has 0 unspecified atom stereocenters. The van der Waals surface area contributed by atoms with E-state index in [1.807, 2.05) is 24.5 Å². The zero-order valence-electron chi connectivity index (χ0n) is 9.76. The number of benzene rings is 1. The van der Waals surface area contributed by atoms with E-state index in [9.17, 15) is 0 Å². The predicted octanol–water partition coefficient (Wildman–Crippen LogP) is 2.73. The summed E-state index contributed by atoms with van der Waals surface area (Å²) in [6.07, 6.45) is 7.18. The minimum Gasteiger partial charge on any atom is -0.497 e. The smallest absolute Gasteiger partial charge is 0.140 e. The first kappa shape index (κ1) is 10.1. The van der Waals surface area contributed by atoms with E-state index in [1.54, 1.807) is 7.11 Å². The predicted molar refractivity (Wildman–Crippen MR) is 66.9 cm³/mol. The van der Waals surface area contributed by atoms with E-state index in [0.717, 1.165) is 30.1 Å². The van der Waals surface area contributed by atoms with E-state index >= 15 is 0 Å². The Morgan fingerprint density at radius 1 is 1.35 bits per heavy atom. The molecular formula is C14H14N2O. The van der Waals surface area contributed by atoms with Crippen LogP contribution in [0.4, 0.5) is 0 Å². The maximum atomic E-state index is 5.26. The molecule has 17 heavy (non-hydrogen) atoms. The Kier molecular flexibility index (Phi) is 2.44. The van der Waals surface area contributed by atoms with Crippen LogP contribution < -0.4 is 4.74 Å². The van der Waals surface area contributed by atoms with Crippen LogP contribution in [-0.4, -0.2) is 16.7 Å². The Balaban J connectivity index is 2.07. The van der Waals surface area contributed by atoms with Crippen LogP contribution in [0.1, 0.15) is 17.8 Å². The molecule has 1 aliphatic heterocycles. The zero-order chi connectivity index (χ0) is 11.7. The average Bonchev–Trinajstić information content (AvgIpc) is 2.87. The van der Waals surface area contributed by atoms with Gasteiger partial charge in [-0.25, -0.2) is 4.98 Å². The molecule has 0 atom stereocenters. The second kappa shape index (κ2) is 4.09. The van der Waals surface area contributed by atoms with Gasteiger partial charge in [0.25, 0.3) is 0 Å². The number of methoxy groups -OCH3 is 1. The summed E-state index contributed by atoms with van der Waals surface area (Å²) in [7, 11) is 1.69. The molecule has 1 aliphatic rings. The Hall–Kier alpha value is -2.03. The first-order valence-corrected chi connectivity index (χ1v) is 5.74. The minimum absolute atomic E-state index is 0.882. The normalized spacial score (nSPS) is 14.1. The van der Waals surface area contributed by atoms with Crippen molar-refractivity contribution in [1.82, 2.24) is 9.55 Å². The molecule has 1 aromatic heterocycles. The lowest BCUT2D eigenvalue weighted by atomic mass is 10.0. The molecule has 3 nitrogen and oxygen atoms in total. The molecule has 86 valence electrons. The van der Waals surface area contributed by atoms with Crippen molar-refractivity contribution in [2.75, 3.05) is 7.11 Å². The van der Waals surface area contributed by atoms with Crippen LogP contribution in [0.2, 0.25) is 0 Å². The maximum Gasteiger partial charge on any atom is 0.140 e. The molecule has 0 saturated heterocycles. The SMILES string of the molecule is COc1cccc(C2=CCCn3ccnc32)c1. The van der Waals surface area contributed by atoms with Crippen LogP contribution >= 0.6 is 0 Å². The highest BCUT2D eigenvalue weighted by Gasteiger charge is 2.14. The standard InChI is InChI=1S/C14H14N2O/c1-17-12-5-2-4-11(10-12)13-6-3-8-16-9-7-15-14(13)16/h2,4-7,9-10H,3,8H2,1H3. The quantitative estimate of drug-likeness (QED) is 0.787. The number of aryl methyl sites for hydroxylation is 1. The molecule has 0 aliphatic carbocycles. The molecule has 0 N–H and O–H groups in total. The highest BCUT2D eigenvalue weighted by atomic mass is 16.5. The van der Waals surface area contributed by atoms with Gasteiger partial charge in [-0.3, -0.25) is 0 Å².